The molecule has 0 aliphatic heterocycles. The highest BCUT2D eigenvalue weighted by molar-refractivity contribution is 5.70. The molecule has 3 nitrogen and oxygen atoms in total. The third-order valence-electron chi connectivity index (χ3n) is 5.22. The molecule has 2 aliphatic carbocycles. The molecule has 0 heterocycles. The highest BCUT2D eigenvalue weighted by Crippen LogP contribution is 2.31. The van der Waals surface area contributed by atoms with Crippen LogP contribution in [0.5, 0.6) is 0 Å². The van der Waals surface area contributed by atoms with Crippen LogP contribution < -0.4 is 5.32 Å². The lowest BCUT2D eigenvalue weighted by atomic mass is 9.82. The van der Waals surface area contributed by atoms with E-state index in [1.54, 1.807) is 0 Å². The highest BCUT2D eigenvalue weighted by atomic mass is 16.4. The minimum Gasteiger partial charge on any atom is -0.481 e. The molecule has 1 fully saturated rings. The van der Waals surface area contributed by atoms with Crippen molar-refractivity contribution in [1.82, 2.24) is 5.32 Å². The lowest BCUT2D eigenvalue weighted by Gasteiger charge is -2.31. The quantitative estimate of drug-likeness (QED) is 0.893. The summed E-state index contributed by atoms with van der Waals surface area (Å²) in [6, 6.07) is 9.34. The van der Waals surface area contributed by atoms with Crippen LogP contribution in [0.4, 0.5) is 0 Å². The Labute approximate surface area is 126 Å². The molecule has 0 amide bonds. The van der Waals surface area contributed by atoms with Gasteiger partial charge in [0, 0.05) is 12.6 Å². The third-order valence-corrected chi connectivity index (χ3v) is 5.22. The largest absolute Gasteiger partial charge is 0.481 e. The van der Waals surface area contributed by atoms with Crippen LogP contribution in [0, 0.1) is 5.92 Å². The first-order valence-electron chi connectivity index (χ1n) is 8.28. The lowest BCUT2D eigenvalue weighted by Crippen LogP contribution is -2.37. The Balaban J connectivity index is 1.52. The van der Waals surface area contributed by atoms with Gasteiger partial charge in [0.15, 0.2) is 0 Å². The molecule has 0 aromatic heterocycles. The molecule has 3 heteroatoms. The van der Waals surface area contributed by atoms with Gasteiger partial charge in [-0.25, -0.2) is 0 Å². The number of nitrogens with one attached hydrogen (secondary N) is 1. The average Bonchev–Trinajstić information content (AvgIpc) is 2.53. The molecule has 3 rings (SSSR count). The summed E-state index contributed by atoms with van der Waals surface area (Å²) in [7, 11) is 0. The fourth-order valence-electron chi connectivity index (χ4n) is 3.92. The molecule has 1 unspecified atom stereocenters. The molecule has 0 radical (unpaired) electrons. The van der Waals surface area contributed by atoms with E-state index in [1.807, 2.05) is 0 Å². The first kappa shape index (κ1) is 14.6. The van der Waals surface area contributed by atoms with E-state index < -0.39 is 5.97 Å². The molecule has 21 heavy (non-hydrogen) atoms. The normalized spacial score (nSPS) is 28.9. The van der Waals surface area contributed by atoms with Gasteiger partial charge in [0.2, 0.25) is 0 Å². The van der Waals surface area contributed by atoms with Crippen molar-refractivity contribution in [3.63, 3.8) is 0 Å². The summed E-state index contributed by atoms with van der Waals surface area (Å²) in [6.45, 7) is 1.04. The van der Waals surface area contributed by atoms with Gasteiger partial charge in [0.25, 0.3) is 0 Å². The van der Waals surface area contributed by atoms with Crippen LogP contribution in [0.3, 0.4) is 0 Å². The average molecular weight is 287 g/mol. The van der Waals surface area contributed by atoms with Gasteiger partial charge in [-0.2, -0.15) is 0 Å². The molecule has 114 valence electrons. The van der Waals surface area contributed by atoms with Crippen molar-refractivity contribution >= 4 is 5.97 Å². The van der Waals surface area contributed by atoms with Gasteiger partial charge in [0.05, 0.1) is 5.92 Å². The van der Waals surface area contributed by atoms with Gasteiger partial charge < -0.3 is 10.4 Å². The molecular formula is C18H25NO2. The van der Waals surface area contributed by atoms with Crippen LogP contribution >= 0.6 is 0 Å². The summed E-state index contributed by atoms with van der Waals surface area (Å²) < 4.78 is 0. The number of hydrogen-bond donors (Lipinski definition) is 2. The van der Waals surface area contributed by atoms with Crippen molar-refractivity contribution in [3.05, 3.63) is 35.4 Å². The molecule has 1 aromatic carbocycles. The van der Waals surface area contributed by atoms with Gasteiger partial charge in [-0.15, -0.1) is 0 Å². The topological polar surface area (TPSA) is 49.3 Å². The molecule has 1 aromatic rings. The van der Waals surface area contributed by atoms with E-state index in [2.05, 4.69) is 29.6 Å². The maximum absolute atomic E-state index is 11.0. The van der Waals surface area contributed by atoms with Crippen molar-refractivity contribution in [1.29, 1.82) is 0 Å². The Morgan fingerprint density at radius 1 is 1.14 bits per heavy atom. The summed E-state index contributed by atoms with van der Waals surface area (Å²) >= 11 is 0. The Kier molecular flexibility index (Phi) is 4.59. The van der Waals surface area contributed by atoms with E-state index >= 15 is 0 Å². The first-order valence-corrected chi connectivity index (χ1v) is 8.28. The van der Waals surface area contributed by atoms with Gasteiger partial charge in [-0.1, -0.05) is 24.3 Å². The minimum atomic E-state index is -0.616. The zero-order valence-corrected chi connectivity index (χ0v) is 12.6. The number of carboxylic acid groups (broad SMARTS) is 1. The van der Waals surface area contributed by atoms with Crippen molar-refractivity contribution in [3.8, 4) is 0 Å². The second-order valence-corrected chi connectivity index (χ2v) is 6.58. The van der Waals surface area contributed by atoms with Crippen LogP contribution in [-0.4, -0.2) is 23.7 Å². The second-order valence-electron chi connectivity index (χ2n) is 6.58. The Morgan fingerprint density at radius 3 is 2.67 bits per heavy atom. The molecule has 1 saturated carbocycles. The zero-order valence-electron chi connectivity index (χ0n) is 12.6. The number of rotatable bonds is 4. The molecule has 0 spiro atoms. The van der Waals surface area contributed by atoms with Crippen LogP contribution in [-0.2, 0) is 11.2 Å². The standard InChI is InChI=1S/C18H25NO2/c20-18(21)14-8-10-16(11-9-14)19-12-15-6-3-5-13-4-1-2-7-17(13)15/h1-2,4,7,14-16,19H,3,5-6,8-12H2,(H,20,21). The van der Waals surface area contributed by atoms with E-state index in [9.17, 15) is 4.79 Å². The van der Waals surface area contributed by atoms with E-state index in [0.717, 1.165) is 32.2 Å². The van der Waals surface area contributed by atoms with Gasteiger partial charge in [-0.3, -0.25) is 4.79 Å². The molecule has 0 bridgehead atoms. The van der Waals surface area contributed by atoms with Crippen molar-refractivity contribution < 1.29 is 9.90 Å². The molecular weight excluding hydrogens is 262 g/mol. The lowest BCUT2D eigenvalue weighted by molar-refractivity contribution is -0.142. The van der Waals surface area contributed by atoms with Gasteiger partial charge >= 0.3 is 5.97 Å². The summed E-state index contributed by atoms with van der Waals surface area (Å²) in [5, 5.41) is 12.7. The summed E-state index contributed by atoms with van der Waals surface area (Å²) in [4.78, 5) is 11.0. The number of fused-ring (bicyclic) bond motifs is 1. The van der Waals surface area contributed by atoms with Crippen LogP contribution in [0.15, 0.2) is 24.3 Å². The van der Waals surface area contributed by atoms with E-state index in [-0.39, 0.29) is 5.92 Å². The number of hydrogen-bond acceptors (Lipinski definition) is 2. The highest BCUT2D eigenvalue weighted by Gasteiger charge is 2.27. The zero-order chi connectivity index (χ0) is 14.7. The fourth-order valence-corrected chi connectivity index (χ4v) is 3.92. The second kappa shape index (κ2) is 6.61. The van der Waals surface area contributed by atoms with Gasteiger partial charge in [0.1, 0.15) is 0 Å². The number of aliphatic carboxylic acids is 1. The molecule has 2 aliphatic rings. The fraction of sp³-hybridized carbons (Fsp3) is 0.611. The number of carboxylic acids is 1. The number of aryl methyl sites for hydroxylation is 1. The van der Waals surface area contributed by atoms with Crippen molar-refractivity contribution in [2.75, 3.05) is 6.54 Å². The van der Waals surface area contributed by atoms with Crippen LogP contribution in [0.1, 0.15) is 55.6 Å². The minimum absolute atomic E-state index is 0.113. The van der Waals surface area contributed by atoms with Crippen LogP contribution in [0.25, 0.3) is 0 Å². The van der Waals surface area contributed by atoms with E-state index in [0.29, 0.717) is 12.0 Å². The predicted molar refractivity (Wildman–Crippen MR) is 83.5 cm³/mol. The predicted octanol–water partition coefficient (Wildman–Crippen LogP) is 3.34. The maximum atomic E-state index is 11.0. The molecule has 0 saturated heterocycles. The van der Waals surface area contributed by atoms with Crippen molar-refractivity contribution in [2.45, 2.75) is 56.9 Å². The van der Waals surface area contributed by atoms with Gasteiger partial charge in [-0.05, 0) is 62.0 Å². The summed E-state index contributed by atoms with van der Waals surface area (Å²) in [5.74, 6) is -0.0970. The number of carbonyl (C=O) groups is 1. The van der Waals surface area contributed by atoms with E-state index in [1.165, 1.54) is 30.4 Å². The third kappa shape index (κ3) is 3.46. The monoisotopic (exact) mass is 287 g/mol. The smallest absolute Gasteiger partial charge is 0.306 e. The van der Waals surface area contributed by atoms with E-state index in [4.69, 9.17) is 5.11 Å². The maximum Gasteiger partial charge on any atom is 0.306 e. The Hall–Kier alpha value is -1.35. The first-order chi connectivity index (χ1) is 10.2. The Morgan fingerprint density at radius 2 is 1.90 bits per heavy atom. The molecule has 1 atom stereocenters. The number of benzene rings is 1. The van der Waals surface area contributed by atoms with Crippen LogP contribution in [0.2, 0.25) is 0 Å². The SMILES string of the molecule is O=C(O)C1CCC(NCC2CCCc3ccccc32)CC1. The van der Waals surface area contributed by atoms with Crippen molar-refractivity contribution in [2.24, 2.45) is 5.92 Å². The molecule has 2 N–H and O–H groups in total. The summed E-state index contributed by atoms with van der Waals surface area (Å²) in [6.07, 6.45) is 7.44. The Bertz CT molecular complexity index is 492. The summed E-state index contributed by atoms with van der Waals surface area (Å²) in [5.41, 5.74) is 3.04.